The molecule has 1 atom stereocenters. The summed E-state index contributed by atoms with van der Waals surface area (Å²) in [5.74, 6) is 0.711. The Morgan fingerprint density at radius 1 is 1.24 bits per heavy atom. The Hall–Kier alpha value is -3.30. The highest BCUT2D eigenvalue weighted by molar-refractivity contribution is 7.98. The number of rotatable bonds is 5. The van der Waals surface area contributed by atoms with Crippen molar-refractivity contribution in [3.63, 3.8) is 0 Å². The molecule has 0 saturated heterocycles. The molecular weight excluding hydrogens is 472 g/mol. The van der Waals surface area contributed by atoms with E-state index < -0.39 is 12.0 Å². The number of ether oxygens (including phenoxy) is 3. The fraction of sp³-hybridized carbons (Fsp3) is 0.240. The first-order valence-corrected chi connectivity index (χ1v) is 12.8. The summed E-state index contributed by atoms with van der Waals surface area (Å²) in [6, 6.07) is 12.8. The lowest BCUT2D eigenvalue weighted by molar-refractivity contribution is -0.139. The largest absolute Gasteiger partial charge is 0.463 e. The lowest BCUT2D eigenvalue weighted by Gasteiger charge is -2.24. The van der Waals surface area contributed by atoms with Gasteiger partial charge in [0, 0.05) is 4.90 Å². The molecule has 9 heteroatoms. The van der Waals surface area contributed by atoms with Gasteiger partial charge in [0.05, 0.1) is 28.5 Å². The predicted molar refractivity (Wildman–Crippen MR) is 131 cm³/mol. The monoisotopic (exact) mass is 494 g/mol. The maximum atomic E-state index is 13.6. The summed E-state index contributed by atoms with van der Waals surface area (Å²) in [5, 5.41) is 0. The molecule has 0 radical (unpaired) electrons. The molecule has 0 fully saturated rings. The fourth-order valence-corrected chi connectivity index (χ4v) is 5.50. The molecule has 34 heavy (non-hydrogen) atoms. The number of thioether (sulfide) groups is 1. The lowest BCUT2D eigenvalue weighted by Crippen LogP contribution is -2.39. The molecule has 0 spiro atoms. The Labute approximate surface area is 204 Å². The van der Waals surface area contributed by atoms with Crippen LogP contribution in [0.2, 0.25) is 0 Å². The summed E-state index contributed by atoms with van der Waals surface area (Å²) in [6.07, 6.45) is 3.88. The van der Waals surface area contributed by atoms with Crippen LogP contribution in [-0.2, 0) is 9.53 Å². The molecule has 1 aromatic heterocycles. The second kappa shape index (κ2) is 9.15. The highest BCUT2D eigenvalue weighted by atomic mass is 32.2. The Morgan fingerprint density at radius 3 is 2.74 bits per heavy atom. The van der Waals surface area contributed by atoms with E-state index in [0.29, 0.717) is 32.1 Å². The van der Waals surface area contributed by atoms with Crippen LogP contribution in [0.25, 0.3) is 6.08 Å². The normalized spacial score (nSPS) is 16.9. The minimum atomic E-state index is -0.689. The van der Waals surface area contributed by atoms with Crippen molar-refractivity contribution in [3.8, 4) is 11.5 Å². The second-order valence-electron chi connectivity index (χ2n) is 7.69. The molecule has 0 bridgehead atoms. The third-order valence-corrected chi connectivity index (χ3v) is 7.37. The topological polar surface area (TPSA) is 79.1 Å². The van der Waals surface area contributed by atoms with Gasteiger partial charge in [0.15, 0.2) is 16.3 Å². The number of esters is 1. The predicted octanol–water partition coefficient (Wildman–Crippen LogP) is 3.25. The maximum absolute atomic E-state index is 13.6. The summed E-state index contributed by atoms with van der Waals surface area (Å²) in [7, 11) is 0. The third kappa shape index (κ3) is 3.95. The number of nitrogens with zero attached hydrogens (tertiary/aromatic N) is 2. The fourth-order valence-electron chi connectivity index (χ4n) is 4.04. The molecule has 174 valence electrons. The highest BCUT2D eigenvalue weighted by Gasteiger charge is 2.34. The van der Waals surface area contributed by atoms with Crippen LogP contribution >= 0.6 is 23.1 Å². The number of hydrogen-bond acceptors (Lipinski definition) is 8. The average Bonchev–Trinajstić information content (AvgIpc) is 3.42. The number of carbonyl (C=O) groups excluding carboxylic acids is 1. The number of hydrogen-bond donors (Lipinski definition) is 0. The van der Waals surface area contributed by atoms with Gasteiger partial charge in [-0.3, -0.25) is 9.36 Å². The first-order valence-electron chi connectivity index (χ1n) is 10.7. The van der Waals surface area contributed by atoms with Crippen LogP contribution in [0.1, 0.15) is 31.0 Å². The number of allylic oxidation sites excluding steroid dienone is 1. The van der Waals surface area contributed by atoms with Crippen molar-refractivity contribution in [1.29, 1.82) is 0 Å². The van der Waals surface area contributed by atoms with Gasteiger partial charge in [-0.15, -0.1) is 11.8 Å². The van der Waals surface area contributed by atoms with Gasteiger partial charge in [0.1, 0.15) is 0 Å². The standard InChI is InChI=1S/C25H22N2O5S2/c1-4-30-24(29)21-14(2)26-25-27(22(21)16-7-10-18-19(12-16)32-13-31-18)23(28)20(34-25)11-15-5-8-17(33-3)9-6-15/h5-12,22H,4,13H2,1-3H3/t22-/m1/s1. The van der Waals surface area contributed by atoms with Crippen molar-refractivity contribution < 1.29 is 19.0 Å². The molecular formula is C25H22N2O5S2. The van der Waals surface area contributed by atoms with Crippen LogP contribution in [0.15, 0.2) is 68.4 Å². The quantitative estimate of drug-likeness (QED) is 0.400. The Balaban J connectivity index is 1.69. The van der Waals surface area contributed by atoms with Crippen molar-refractivity contribution in [2.75, 3.05) is 19.7 Å². The van der Waals surface area contributed by atoms with Crippen LogP contribution in [0.3, 0.4) is 0 Å². The first-order chi connectivity index (χ1) is 16.5. The maximum Gasteiger partial charge on any atom is 0.338 e. The number of fused-ring (bicyclic) bond motifs is 2. The van der Waals surface area contributed by atoms with E-state index >= 15 is 0 Å². The minimum absolute atomic E-state index is 0.135. The van der Waals surface area contributed by atoms with E-state index in [0.717, 1.165) is 16.0 Å². The molecule has 0 amide bonds. The SMILES string of the molecule is CCOC(=O)C1=C(C)N=c2sc(=Cc3ccc(SC)cc3)c(=O)n2[C@@H]1c1ccc2c(c1)OCO2. The van der Waals surface area contributed by atoms with E-state index in [1.807, 2.05) is 48.7 Å². The molecule has 3 aromatic rings. The number of aromatic nitrogens is 1. The highest BCUT2D eigenvalue weighted by Crippen LogP contribution is 2.38. The second-order valence-corrected chi connectivity index (χ2v) is 9.58. The summed E-state index contributed by atoms with van der Waals surface area (Å²) in [5.41, 5.74) is 2.29. The van der Waals surface area contributed by atoms with Crippen molar-refractivity contribution in [1.82, 2.24) is 4.57 Å². The smallest absolute Gasteiger partial charge is 0.338 e. The molecule has 0 N–H and O–H groups in total. The van der Waals surface area contributed by atoms with E-state index in [1.54, 1.807) is 36.2 Å². The van der Waals surface area contributed by atoms with Crippen LogP contribution < -0.4 is 24.4 Å². The Morgan fingerprint density at radius 2 is 2.00 bits per heavy atom. The Kier molecular flexibility index (Phi) is 6.05. The number of carbonyl (C=O) groups is 1. The molecule has 0 unspecified atom stereocenters. The molecule has 2 aliphatic rings. The van der Waals surface area contributed by atoms with Crippen LogP contribution in [0.5, 0.6) is 11.5 Å². The van der Waals surface area contributed by atoms with Gasteiger partial charge >= 0.3 is 5.97 Å². The summed E-state index contributed by atoms with van der Waals surface area (Å²) >= 11 is 2.96. The lowest BCUT2D eigenvalue weighted by atomic mass is 9.95. The minimum Gasteiger partial charge on any atom is -0.463 e. The zero-order valence-corrected chi connectivity index (χ0v) is 20.5. The van der Waals surface area contributed by atoms with Gasteiger partial charge in [0.25, 0.3) is 5.56 Å². The van der Waals surface area contributed by atoms with E-state index in [2.05, 4.69) is 4.99 Å². The van der Waals surface area contributed by atoms with Gasteiger partial charge in [-0.1, -0.05) is 29.5 Å². The van der Waals surface area contributed by atoms with Gasteiger partial charge < -0.3 is 14.2 Å². The van der Waals surface area contributed by atoms with Gasteiger partial charge in [-0.2, -0.15) is 0 Å². The first kappa shape index (κ1) is 22.5. The van der Waals surface area contributed by atoms with E-state index in [9.17, 15) is 9.59 Å². The molecule has 3 heterocycles. The van der Waals surface area contributed by atoms with Crippen LogP contribution in [0, 0.1) is 0 Å². The number of thiazole rings is 1. The summed E-state index contributed by atoms with van der Waals surface area (Å²) in [4.78, 5) is 32.9. The molecule has 2 aromatic carbocycles. The van der Waals surface area contributed by atoms with Crippen LogP contribution in [-0.4, -0.2) is 30.2 Å². The van der Waals surface area contributed by atoms with Crippen molar-refractivity contribution >= 4 is 35.1 Å². The van der Waals surface area contributed by atoms with E-state index in [1.165, 1.54) is 11.3 Å². The van der Waals surface area contributed by atoms with Gasteiger partial charge in [-0.05, 0) is 61.6 Å². The molecule has 0 saturated carbocycles. The molecule has 0 aliphatic carbocycles. The van der Waals surface area contributed by atoms with Gasteiger partial charge in [0.2, 0.25) is 6.79 Å². The average molecular weight is 495 g/mol. The summed E-state index contributed by atoms with van der Waals surface area (Å²) < 4.78 is 18.4. The number of benzene rings is 2. The van der Waals surface area contributed by atoms with Gasteiger partial charge in [-0.25, -0.2) is 9.79 Å². The zero-order chi connectivity index (χ0) is 23.8. The van der Waals surface area contributed by atoms with Crippen LogP contribution in [0.4, 0.5) is 0 Å². The van der Waals surface area contributed by atoms with Crippen molar-refractivity contribution in [3.05, 3.63) is 84.5 Å². The molecule has 2 aliphatic heterocycles. The molecule has 7 nitrogen and oxygen atoms in total. The zero-order valence-electron chi connectivity index (χ0n) is 18.9. The van der Waals surface area contributed by atoms with Crippen molar-refractivity contribution in [2.24, 2.45) is 4.99 Å². The summed E-state index contributed by atoms with van der Waals surface area (Å²) in [6.45, 7) is 3.88. The Bertz CT molecular complexity index is 1480. The van der Waals surface area contributed by atoms with E-state index in [-0.39, 0.29) is 19.0 Å². The van der Waals surface area contributed by atoms with Crippen molar-refractivity contribution in [2.45, 2.75) is 24.8 Å². The molecule has 5 rings (SSSR count). The van der Waals surface area contributed by atoms with E-state index in [4.69, 9.17) is 14.2 Å². The third-order valence-electron chi connectivity index (χ3n) is 5.64.